The average Bonchev–Trinajstić information content (AvgIpc) is 3.36. The number of hydrogen-bond acceptors (Lipinski definition) is 7. The maximum Gasteiger partial charge on any atom is 0.252 e. The van der Waals surface area contributed by atoms with Gasteiger partial charge in [0.15, 0.2) is 0 Å². The first-order valence-electron chi connectivity index (χ1n) is 9.74. The van der Waals surface area contributed by atoms with Crippen LogP contribution in [-0.2, 0) is 27.8 Å². The number of likely N-dealkylation sites (N-methyl/N-ethyl adjacent to an activating group) is 1. The molecule has 8 nitrogen and oxygen atoms in total. The minimum Gasteiger partial charge on any atom is -0.365 e. The molecule has 2 aromatic heterocycles. The van der Waals surface area contributed by atoms with Crippen molar-refractivity contribution in [2.75, 3.05) is 32.0 Å². The third-order valence-corrected chi connectivity index (χ3v) is 9.95. The number of nitrogens with zero attached hydrogens (tertiary/aromatic N) is 2. The van der Waals surface area contributed by atoms with Gasteiger partial charge in [-0.25, -0.2) is 8.42 Å². The average molecular weight is 469 g/mol. The van der Waals surface area contributed by atoms with Gasteiger partial charge < -0.3 is 16.0 Å². The summed E-state index contributed by atoms with van der Waals surface area (Å²) in [6.45, 7) is 2.07. The second-order valence-corrected chi connectivity index (χ2v) is 11.9. The summed E-state index contributed by atoms with van der Waals surface area (Å²) in [5.41, 5.74) is 6.94. The molecule has 3 N–H and O–H groups in total. The highest BCUT2D eigenvalue weighted by Crippen LogP contribution is 2.37. The van der Waals surface area contributed by atoms with Crippen LogP contribution in [0, 0.1) is 5.92 Å². The Morgan fingerprint density at radius 2 is 2.10 bits per heavy atom. The summed E-state index contributed by atoms with van der Waals surface area (Å²) in [5.74, 6) is -1.29. The van der Waals surface area contributed by atoms with Crippen molar-refractivity contribution in [1.82, 2.24) is 9.21 Å². The number of sulfonamides is 1. The molecule has 0 spiro atoms. The number of primary amides is 1. The minimum atomic E-state index is -3.59. The molecule has 30 heavy (non-hydrogen) atoms. The molecular formula is C19H24N4O4S3. The fraction of sp³-hybridized carbons (Fsp3) is 0.474. The van der Waals surface area contributed by atoms with Crippen molar-refractivity contribution in [2.45, 2.75) is 30.0 Å². The summed E-state index contributed by atoms with van der Waals surface area (Å²) >= 11 is 2.56. The lowest BCUT2D eigenvalue weighted by molar-refractivity contribution is -0.120. The summed E-state index contributed by atoms with van der Waals surface area (Å²) in [5, 5.41) is 5.08. The molecule has 1 atom stereocenters. The molecule has 2 aliphatic rings. The lowest BCUT2D eigenvalue weighted by Gasteiger charge is -2.30. The van der Waals surface area contributed by atoms with E-state index in [4.69, 9.17) is 5.73 Å². The van der Waals surface area contributed by atoms with Gasteiger partial charge in [-0.05, 0) is 43.3 Å². The molecule has 162 valence electrons. The summed E-state index contributed by atoms with van der Waals surface area (Å²) in [6.07, 6.45) is 1.92. The van der Waals surface area contributed by atoms with Crippen LogP contribution in [0.15, 0.2) is 21.7 Å². The molecule has 1 saturated heterocycles. The highest BCUT2D eigenvalue weighted by atomic mass is 32.2. The number of carbonyl (C=O) groups is 2. The quantitative estimate of drug-likeness (QED) is 0.696. The Bertz CT molecular complexity index is 1060. The molecule has 11 heteroatoms. The smallest absolute Gasteiger partial charge is 0.252 e. The number of piperidine rings is 1. The second-order valence-electron chi connectivity index (χ2n) is 7.68. The van der Waals surface area contributed by atoms with Crippen LogP contribution in [0.1, 0.15) is 33.6 Å². The Balaban J connectivity index is 1.52. The van der Waals surface area contributed by atoms with Crippen LogP contribution >= 0.6 is 22.7 Å². The van der Waals surface area contributed by atoms with Crippen LogP contribution in [0.2, 0.25) is 0 Å². The van der Waals surface area contributed by atoms with Gasteiger partial charge in [-0.2, -0.15) is 4.31 Å². The van der Waals surface area contributed by atoms with Crippen molar-refractivity contribution in [3.05, 3.63) is 33.5 Å². The van der Waals surface area contributed by atoms with Crippen molar-refractivity contribution in [1.29, 1.82) is 0 Å². The van der Waals surface area contributed by atoms with Gasteiger partial charge in [0.25, 0.3) is 15.9 Å². The van der Waals surface area contributed by atoms with Crippen LogP contribution < -0.4 is 11.1 Å². The molecule has 4 heterocycles. The highest BCUT2D eigenvalue weighted by molar-refractivity contribution is 7.91. The molecule has 2 aromatic rings. The first kappa shape index (κ1) is 21.4. The maximum absolute atomic E-state index is 13.0. The Kier molecular flexibility index (Phi) is 5.99. The highest BCUT2D eigenvalue weighted by Gasteiger charge is 2.35. The number of anilines is 1. The van der Waals surface area contributed by atoms with E-state index in [-0.39, 0.29) is 16.7 Å². The predicted molar refractivity (Wildman–Crippen MR) is 117 cm³/mol. The predicted octanol–water partition coefficient (Wildman–Crippen LogP) is 1.94. The summed E-state index contributed by atoms with van der Waals surface area (Å²) in [6, 6.07) is 3.28. The van der Waals surface area contributed by atoms with E-state index in [1.807, 2.05) is 7.05 Å². The van der Waals surface area contributed by atoms with Gasteiger partial charge in [-0.3, -0.25) is 9.59 Å². The van der Waals surface area contributed by atoms with Crippen molar-refractivity contribution < 1.29 is 18.0 Å². The Labute approximate surface area is 183 Å². The van der Waals surface area contributed by atoms with Crippen LogP contribution in [0.3, 0.4) is 0 Å². The van der Waals surface area contributed by atoms with Gasteiger partial charge in [0, 0.05) is 31.1 Å². The fourth-order valence-electron chi connectivity index (χ4n) is 4.01. The molecule has 0 bridgehead atoms. The zero-order valence-electron chi connectivity index (χ0n) is 16.6. The number of carbonyl (C=O) groups excluding carboxylic acids is 2. The zero-order chi connectivity index (χ0) is 21.5. The monoisotopic (exact) mass is 468 g/mol. The molecule has 1 fully saturated rings. The van der Waals surface area contributed by atoms with E-state index in [1.165, 1.54) is 27.0 Å². The molecule has 2 aliphatic heterocycles. The van der Waals surface area contributed by atoms with Crippen molar-refractivity contribution in [2.24, 2.45) is 11.7 Å². The standard InChI is InChI=1S/C19H24N4O4S3/c1-22-8-6-13-14(11-22)29-19(16(13)17(20)24)21-18(25)12-4-2-7-23(10-12)30(26,27)15-5-3-9-28-15/h3,5,9,12H,2,4,6-8,10-11H2,1H3,(H2,20,24)(H,21,25). The molecule has 2 amide bonds. The topological polar surface area (TPSA) is 113 Å². The Morgan fingerprint density at radius 3 is 2.80 bits per heavy atom. The van der Waals surface area contributed by atoms with Gasteiger partial charge in [0.2, 0.25) is 5.91 Å². The molecule has 0 saturated carbocycles. The lowest BCUT2D eigenvalue weighted by Crippen LogP contribution is -2.43. The second kappa shape index (κ2) is 8.39. The fourth-order valence-corrected chi connectivity index (χ4v) is 8.01. The van der Waals surface area contributed by atoms with Crippen LogP contribution in [0.4, 0.5) is 5.00 Å². The lowest BCUT2D eigenvalue weighted by atomic mass is 9.98. The van der Waals surface area contributed by atoms with Crippen LogP contribution in [0.25, 0.3) is 0 Å². The van der Waals surface area contributed by atoms with E-state index in [0.717, 1.165) is 17.0 Å². The summed E-state index contributed by atoms with van der Waals surface area (Å²) < 4.78 is 27.3. The van der Waals surface area contributed by atoms with Gasteiger partial charge in [0.05, 0.1) is 11.5 Å². The first-order chi connectivity index (χ1) is 14.3. The van der Waals surface area contributed by atoms with E-state index in [1.54, 1.807) is 17.5 Å². The van der Waals surface area contributed by atoms with Crippen molar-refractivity contribution in [3.8, 4) is 0 Å². The normalized spacial score (nSPS) is 20.6. The number of rotatable bonds is 5. The van der Waals surface area contributed by atoms with Gasteiger partial charge in [-0.1, -0.05) is 6.07 Å². The molecule has 1 unspecified atom stereocenters. The molecule has 0 aliphatic carbocycles. The summed E-state index contributed by atoms with van der Waals surface area (Å²) in [4.78, 5) is 28.3. The number of hydrogen-bond donors (Lipinski definition) is 2. The number of fused-ring (bicyclic) bond motifs is 1. The Morgan fingerprint density at radius 1 is 1.30 bits per heavy atom. The van der Waals surface area contributed by atoms with E-state index in [9.17, 15) is 18.0 Å². The van der Waals surface area contributed by atoms with Crippen molar-refractivity contribution in [3.63, 3.8) is 0 Å². The van der Waals surface area contributed by atoms with Crippen LogP contribution in [0.5, 0.6) is 0 Å². The van der Waals surface area contributed by atoms with Crippen molar-refractivity contribution >= 4 is 49.5 Å². The SMILES string of the molecule is CN1CCc2c(sc(NC(=O)C3CCCN(S(=O)(=O)c4cccs4)C3)c2C(N)=O)C1. The minimum absolute atomic E-state index is 0.131. The number of nitrogens with one attached hydrogen (secondary N) is 1. The molecule has 0 radical (unpaired) electrons. The van der Waals surface area contributed by atoms with E-state index in [2.05, 4.69) is 10.2 Å². The zero-order valence-corrected chi connectivity index (χ0v) is 19.0. The van der Waals surface area contributed by atoms with Crippen LogP contribution in [-0.4, -0.2) is 56.1 Å². The largest absolute Gasteiger partial charge is 0.365 e. The molecule has 4 rings (SSSR count). The molecular weight excluding hydrogens is 444 g/mol. The van der Waals surface area contributed by atoms with Gasteiger partial charge in [0.1, 0.15) is 9.21 Å². The van der Waals surface area contributed by atoms with Gasteiger partial charge in [-0.15, -0.1) is 22.7 Å². The third kappa shape index (κ3) is 4.04. The number of thiophene rings is 2. The van der Waals surface area contributed by atoms with E-state index >= 15 is 0 Å². The van der Waals surface area contributed by atoms with Gasteiger partial charge >= 0.3 is 0 Å². The maximum atomic E-state index is 13.0. The number of nitrogens with two attached hydrogens (primary N) is 1. The summed E-state index contributed by atoms with van der Waals surface area (Å²) in [7, 11) is -1.58. The molecule has 0 aromatic carbocycles. The van der Waals surface area contributed by atoms with E-state index in [0.29, 0.717) is 42.9 Å². The Hall–Kier alpha value is -1.79. The first-order valence-corrected chi connectivity index (χ1v) is 12.9. The van der Waals surface area contributed by atoms with E-state index < -0.39 is 21.8 Å². The number of amides is 2. The third-order valence-electron chi connectivity index (χ3n) is 5.58.